The van der Waals surface area contributed by atoms with Crippen LogP contribution < -0.4 is 0 Å². The van der Waals surface area contributed by atoms with Crippen molar-refractivity contribution in [3.8, 4) is 0 Å². The number of phosphoric acid groups is 1. The van der Waals surface area contributed by atoms with E-state index < -0.39 is 26.5 Å². The first-order valence-corrected chi connectivity index (χ1v) is 23.8. The molecule has 0 heterocycles. The molecule has 53 heavy (non-hydrogen) atoms. The van der Waals surface area contributed by atoms with Gasteiger partial charge in [-0.2, -0.15) is 0 Å². The third kappa shape index (κ3) is 40.5. The van der Waals surface area contributed by atoms with Gasteiger partial charge in [-0.25, -0.2) is 4.57 Å². The number of esters is 2. The Kier molecular flexibility index (Phi) is 36.0. The molecule has 0 aromatic heterocycles. The summed E-state index contributed by atoms with van der Waals surface area (Å²) in [6, 6.07) is 0. The van der Waals surface area contributed by atoms with E-state index >= 15 is 0 Å². The molecule has 0 rings (SSSR count). The van der Waals surface area contributed by atoms with Gasteiger partial charge in [0.15, 0.2) is 6.10 Å². The van der Waals surface area contributed by atoms with E-state index in [0.29, 0.717) is 17.4 Å². The van der Waals surface area contributed by atoms with E-state index in [1.165, 1.54) is 148 Å². The zero-order chi connectivity index (χ0) is 39.3. The number of likely N-dealkylation sites (N-methyl/N-ethyl adjacent to an activating group) is 1. The summed E-state index contributed by atoms with van der Waals surface area (Å²) in [5, 5.41) is 0. The van der Waals surface area contributed by atoms with Crippen molar-refractivity contribution in [2.24, 2.45) is 0 Å². The number of hydrogen-bond acceptors (Lipinski definition) is 7. The fourth-order valence-electron chi connectivity index (χ4n) is 6.37. The van der Waals surface area contributed by atoms with Gasteiger partial charge in [0.1, 0.15) is 19.8 Å². The molecule has 0 saturated carbocycles. The lowest BCUT2D eigenvalue weighted by molar-refractivity contribution is -0.870. The van der Waals surface area contributed by atoms with Crippen LogP contribution in [0.4, 0.5) is 0 Å². The summed E-state index contributed by atoms with van der Waals surface area (Å²) in [6.45, 7) is 4.43. The molecule has 0 aliphatic carbocycles. The largest absolute Gasteiger partial charge is 0.472 e. The fraction of sp³-hybridized carbons (Fsp3) is 0.953. The molecule has 0 aliphatic heterocycles. The summed E-state index contributed by atoms with van der Waals surface area (Å²) in [6.07, 6.45) is 35.9. The third-order valence-corrected chi connectivity index (χ3v) is 10.9. The Bertz CT molecular complexity index is 881. The summed E-state index contributed by atoms with van der Waals surface area (Å²) < 4.78 is 34.2. The van der Waals surface area contributed by atoms with Gasteiger partial charge in [-0.15, -0.1) is 0 Å². The monoisotopic (exact) mass is 777 g/mol. The number of unbranched alkanes of at least 4 members (excludes halogenated alkanes) is 27. The SMILES string of the molecule is CCCCCCCCCCCCCCCCCCCCCCC(=O)O[C@H](COC(=O)CCCCCCCCCCC)COP(=O)(O)OCC[N+](C)(C)C. The van der Waals surface area contributed by atoms with Gasteiger partial charge in [0, 0.05) is 12.8 Å². The van der Waals surface area contributed by atoms with Crippen LogP contribution in [-0.2, 0) is 32.7 Å². The lowest BCUT2D eigenvalue weighted by atomic mass is 10.0. The van der Waals surface area contributed by atoms with Crippen LogP contribution in [0.15, 0.2) is 0 Å². The third-order valence-electron chi connectivity index (χ3n) is 9.89. The molecule has 1 unspecified atom stereocenters. The van der Waals surface area contributed by atoms with Gasteiger partial charge in [0.2, 0.25) is 0 Å². The normalized spacial score (nSPS) is 13.5. The minimum Gasteiger partial charge on any atom is -0.462 e. The maximum absolute atomic E-state index is 12.7. The predicted octanol–water partition coefficient (Wildman–Crippen LogP) is 12.4. The second-order valence-corrected chi connectivity index (χ2v) is 17.9. The van der Waals surface area contributed by atoms with Crippen molar-refractivity contribution >= 4 is 19.8 Å². The van der Waals surface area contributed by atoms with Crippen molar-refractivity contribution in [3.05, 3.63) is 0 Å². The van der Waals surface area contributed by atoms with Crippen molar-refractivity contribution in [2.75, 3.05) is 47.5 Å². The zero-order valence-corrected chi connectivity index (χ0v) is 36.4. The van der Waals surface area contributed by atoms with Gasteiger partial charge in [-0.3, -0.25) is 18.6 Å². The highest BCUT2D eigenvalue weighted by atomic mass is 31.2. The van der Waals surface area contributed by atoms with Gasteiger partial charge in [-0.1, -0.05) is 187 Å². The van der Waals surface area contributed by atoms with Crippen molar-refractivity contribution in [1.29, 1.82) is 0 Å². The number of rotatable bonds is 41. The van der Waals surface area contributed by atoms with Crippen LogP contribution in [0.1, 0.15) is 213 Å². The van der Waals surface area contributed by atoms with E-state index in [1.807, 2.05) is 21.1 Å². The molecule has 0 spiro atoms. The Morgan fingerprint density at radius 3 is 1.21 bits per heavy atom. The Morgan fingerprint density at radius 1 is 0.509 bits per heavy atom. The first-order valence-electron chi connectivity index (χ1n) is 22.3. The second kappa shape index (κ2) is 36.6. The molecule has 0 aromatic carbocycles. The molecule has 0 aliphatic rings. The Morgan fingerprint density at radius 2 is 0.849 bits per heavy atom. The molecule has 0 saturated heterocycles. The maximum Gasteiger partial charge on any atom is 0.472 e. The number of ether oxygens (including phenoxy) is 2. The Hall–Kier alpha value is -0.990. The van der Waals surface area contributed by atoms with Gasteiger partial charge in [-0.05, 0) is 12.8 Å². The number of phosphoric ester groups is 1. The number of nitrogens with zero attached hydrogens (tertiary/aromatic N) is 1. The molecule has 0 radical (unpaired) electrons. The minimum absolute atomic E-state index is 0.0366. The van der Waals surface area contributed by atoms with Crippen LogP contribution in [-0.4, -0.2) is 74.9 Å². The molecule has 9 nitrogen and oxygen atoms in total. The Labute approximate surface area is 327 Å². The summed E-state index contributed by atoms with van der Waals surface area (Å²) in [5.41, 5.74) is 0. The van der Waals surface area contributed by atoms with Crippen molar-refractivity contribution in [3.63, 3.8) is 0 Å². The molecular formula is C43H87NO8P+. The number of carbonyl (C=O) groups excluding carboxylic acids is 2. The molecule has 2 atom stereocenters. The average Bonchev–Trinajstić information content (AvgIpc) is 3.10. The second-order valence-electron chi connectivity index (χ2n) is 16.5. The van der Waals surface area contributed by atoms with E-state index in [2.05, 4.69) is 13.8 Å². The molecule has 1 N–H and O–H groups in total. The van der Waals surface area contributed by atoms with E-state index in [-0.39, 0.29) is 25.6 Å². The first kappa shape index (κ1) is 52.0. The Balaban J connectivity index is 4.21. The van der Waals surface area contributed by atoms with E-state index in [4.69, 9.17) is 18.5 Å². The fourth-order valence-corrected chi connectivity index (χ4v) is 7.11. The minimum atomic E-state index is -4.36. The molecule has 0 aromatic rings. The van der Waals surface area contributed by atoms with Crippen molar-refractivity contribution in [2.45, 2.75) is 219 Å². The van der Waals surface area contributed by atoms with Crippen LogP contribution in [0.5, 0.6) is 0 Å². The summed E-state index contributed by atoms with van der Waals surface area (Å²) in [7, 11) is 1.49. The standard InChI is InChI=1S/C43H86NO8P/c1-6-8-10-12-14-16-17-18-19-20-21-22-23-24-25-26-28-30-32-34-36-43(46)52-41(40-51-53(47,48)50-38-37-44(3,4)5)39-49-42(45)35-33-31-29-27-15-13-11-9-7-2/h41H,6-40H2,1-5H3/p+1/t41-/m1/s1. The molecule has 0 amide bonds. The van der Waals surface area contributed by atoms with Crippen LogP contribution in [0.2, 0.25) is 0 Å². The summed E-state index contributed by atoms with van der Waals surface area (Å²) in [5.74, 6) is -0.788. The van der Waals surface area contributed by atoms with Gasteiger partial charge < -0.3 is 18.9 Å². The van der Waals surface area contributed by atoms with E-state index in [1.54, 1.807) is 0 Å². The molecule has 0 fully saturated rings. The number of hydrogen-bond donors (Lipinski definition) is 1. The first-order chi connectivity index (χ1) is 25.5. The van der Waals surface area contributed by atoms with Crippen LogP contribution in [0.3, 0.4) is 0 Å². The molecule has 316 valence electrons. The number of carbonyl (C=O) groups is 2. The lowest BCUT2D eigenvalue weighted by Gasteiger charge is -2.24. The molecular weight excluding hydrogens is 689 g/mol. The van der Waals surface area contributed by atoms with Gasteiger partial charge in [0.25, 0.3) is 0 Å². The number of quaternary nitrogens is 1. The summed E-state index contributed by atoms with van der Waals surface area (Å²) in [4.78, 5) is 35.2. The average molecular weight is 777 g/mol. The molecule has 10 heteroatoms. The molecule has 0 bridgehead atoms. The van der Waals surface area contributed by atoms with E-state index in [9.17, 15) is 19.0 Å². The lowest BCUT2D eigenvalue weighted by Crippen LogP contribution is -2.37. The van der Waals surface area contributed by atoms with Crippen molar-refractivity contribution < 1.29 is 42.1 Å². The van der Waals surface area contributed by atoms with Gasteiger partial charge in [0.05, 0.1) is 27.7 Å². The quantitative estimate of drug-likeness (QED) is 0.0283. The zero-order valence-electron chi connectivity index (χ0n) is 35.5. The van der Waals surface area contributed by atoms with Crippen molar-refractivity contribution in [1.82, 2.24) is 0 Å². The highest BCUT2D eigenvalue weighted by Gasteiger charge is 2.27. The van der Waals surface area contributed by atoms with Crippen LogP contribution in [0.25, 0.3) is 0 Å². The topological polar surface area (TPSA) is 108 Å². The smallest absolute Gasteiger partial charge is 0.462 e. The van der Waals surface area contributed by atoms with Crippen LogP contribution in [0, 0.1) is 0 Å². The van der Waals surface area contributed by atoms with Gasteiger partial charge >= 0.3 is 19.8 Å². The van der Waals surface area contributed by atoms with E-state index in [0.717, 1.165) is 38.5 Å². The maximum atomic E-state index is 12.7. The predicted molar refractivity (Wildman–Crippen MR) is 220 cm³/mol. The summed E-state index contributed by atoms with van der Waals surface area (Å²) >= 11 is 0. The highest BCUT2D eigenvalue weighted by molar-refractivity contribution is 7.47. The highest BCUT2D eigenvalue weighted by Crippen LogP contribution is 2.43. The van der Waals surface area contributed by atoms with Crippen LogP contribution >= 0.6 is 7.82 Å².